The van der Waals surface area contributed by atoms with Crippen LogP contribution in [0.4, 0.5) is 0 Å². The van der Waals surface area contributed by atoms with Gasteiger partial charge in [-0.2, -0.15) is 0 Å². The van der Waals surface area contributed by atoms with Crippen molar-refractivity contribution in [2.24, 2.45) is 35.5 Å². The molecule has 0 radical (unpaired) electrons. The highest BCUT2D eigenvalue weighted by Gasteiger charge is 2.86. The Hall–Kier alpha value is -0.380. The summed E-state index contributed by atoms with van der Waals surface area (Å²) in [5.41, 5.74) is 0. The van der Waals surface area contributed by atoms with Crippen LogP contribution in [0.1, 0.15) is 6.42 Å². The summed E-state index contributed by atoms with van der Waals surface area (Å²) in [7, 11) is -2.90. The van der Waals surface area contributed by atoms with Crippen LogP contribution >= 0.6 is 0 Å². The second kappa shape index (κ2) is 1.51. The van der Waals surface area contributed by atoms with Gasteiger partial charge < -0.3 is 0 Å². The second-order valence-electron chi connectivity index (χ2n) is 5.69. The summed E-state index contributed by atoms with van der Waals surface area (Å²) < 4.78 is 24.2. The van der Waals surface area contributed by atoms with Crippen LogP contribution in [0.25, 0.3) is 0 Å². The number of carbonyl (C=O) groups is 1. The van der Waals surface area contributed by atoms with E-state index < -0.39 is 9.84 Å². The number of Topliss-reactive ketones (excluding diaryl/α,β-unsaturated/α-hetero) is 1. The molecule has 5 rings (SSSR count). The zero-order valence-electron chi connectivity index (χ0n) is 7.46. The van der Waals surface area contributed by atoms with Gasteiger partial charge in [0.1, 0.15) is 5.78 Å². The van der Waals surface area contributed by atoms with Gasteiger partial charge in [-0.25, -0.2) is 8.42 Å². The van der Waals surface area contributed by atoms with Crippen molar-refractivity contribution in [3.63, 3.8) is 0 Å². The fourth-order valence-corrected chi connectivity index (χ4v) is 9.16. The number of hydrogen-bond donors (Lipinski definition) is 0. The van der Waals surface area contributed by atoms with Gasteiger partial charge in [-0.3, -0.25) is 4.79 Å². The molecule has 0 aromatic carbocycles. The van der Waals surface area contributed by atoms with Gasteiger partial charge in [0.25, 0.3) is 0 Å². The molecule has 2 bridgehead atoms. The smallest absolute Gasteiger partial charge is 0.158 e. The lowest BCUT2D eigenvalue weighted by Gasteiger charge is -2.42. The van der Waals surface area contributed by atoms with Gasteiger partial charge in [0, 0.05) is 11.8 Å². The Morgan fingerprint density at radius 1 is 1.00 bits per heavy atom. The molecule has 8 atom stereocenters. The Morgan fingerprint density at radius 3 is 2.57 bits per heavy atom. The van der Waals surface area contributed by atoms with Gasteiger partial charge in [-0.15, -0.1) is 0 Å². The summed E-state index contributed by atoms with van der Waals surface area (Å²) in [5.74, 6) is 1.97. The first-order valence-electron chi connectivity index (χ1n) is 5.40. The number of fused-ring (bicyclic) bond motifs is 2. The Balaban J connectivity index is 1.95. The van der Waals surface area contributed by atoms with E-state index >= 15 is 0 Å². The van der Waals surface area contributed by atoms with E-state index in [9.17, 15) is 13.2 Å². The molecular formula is C10H10O3S. The number of carbonyl (C=O) groups excluding carboxylic acids is 1. The lowest BCUT2D eigenvalue weighted by atomic mass is 9.64. The van der Waals surface area contributed by atoms with Crippen LogP contribution in [0, 0.1) is 35.5 Å². The van der Waals surface area contributed by atoms with E-state index in [4.69, 9.17) is 0 Å². The maximum absolute atomic E-state index is 12.1. The Labute approximate surface area is 81.8 Å². The van der Waals surface area contributed by atoms with Crippen LogP contribution in [-0.4, -0.2) is 24.7 Å². The zero-order chi connectivity index (χ0) is 9.40. The minimum Gasteiger partial charge on any atom is -0.299 e. The van der Waals surface area contributed by atoms with Crippen molar-refractivity contribution in [2.45, 2.75) is 16.9 Å². The van der Waals surface area contributed by atoms with E-state index in [1.54, 1.807) is 0 Å². The SMILES string of the molecule is O=C1[C@@H]2[C@@H]3[C@@H]4C[C@H]5[C@H]3[C@@H]2S(=O)(=O)[C@@H]5[C@H]14. The lowest BCUT2D eigenvalue weighted by Crippen LogP contribution is -2.52. The van der Waals surface area contributed by atoms with E-state index in [2.05, 4.69) is 0 Å². The van der Waals surface area contributed by atoms with Crippen LogP contribution in [0.15, 0.2) is 0 Å². The number of hydrogen-bond acceptors (Lipinski definition) is 3. The van der Waals surface area contributed by atoms with E-state index in [0.29, 0.717) is 29.5 Å². The van der Waals surface area contributed by atoms with E-state index in [0.717, 1.165) is 6.42 Å². The molecule has 4 heteroatoms. The predicted octanol–water partition coefficient (Wildman–Crippen LogP) is -0.137. The van der Waals surface area contributed by atoms with Crippen LogP contribution in [0.5, 0.6) is 0 Å². The Morgan fingerprint density at radius 2 is 1.79 bits per heavy atom. The molecular weight excluding hydrogens is 200 g/mol. The average Bonchev–Trinajstić information content (AvgIpc) is 2.52. The van der Waals surface area contributed by atoms with E-state index in [1.165, 1.54) is 0 Å². The van der Waals surface area contributed by atoms with Crippen molar-refractivity contribution in [3.05, 3.63) is 0 Å². The van der Waals surface area contributed by atoms with Crippen LogP contribution < -0.4 is 0 Å². The van der Waals surface area contributed by atoms with E-state index in [-0.39, 0.29) is 22.3 Å². The maximum atomic E-state index is 12.1. The summed E-state index contributed by atoms with van der Waals surface area (Å²) in [5, 5.41) is -0.455. The van der Waals surface area contributed by atoms with Gasteiger partial charge in [0.05, 0.1) is 10.5 Å². The fourth-order valence-electron chi connectivity index (χ4n) is 5.73. The quantitative estimate of drug-likeness (QED) is 0.559. The zero-order valence-corrected chi connectivity index (χ0v) is 8.28. The normalized spacial score (nSPS) is 73.3. The van der Waals surface area contributed by atoms with Gasteiger partial charge in [0.2, 0.25) is 0 Å². The minimum absolute atomic E-state index is 0.0521. The van der Waals surface area contributed by atoms with Crippen molar-refractivity contribution >= 4 is 15.6 Å². The highest BCUT2D eigenvalue weighted by molar-refractivity contribution is 7.93. The highest BCUT2D eigenvalue weighted by Crippen LogP contribution is 2.78. The third-order valence-electron chi connectivity index (χ3n) is 5.78. The average molecular weight is 210 g/mol. The Kier molecular flexibility index (Phi) is 0.752. The first-order valence-corrected chi connectivity index (χ1v) is 7.01. The molecule has 3 nitrogen and oxygen atoms in total. The topological polar surface area (TPSA) is 51.2 Å². The van der Waals surface area contributed by atoms with Crippen molar-refractivity contribution in [2.75, 3.05) is 0 Å². The molecule has 4 saturated carbocycles. The van der Waals surface area contributed by atoms with Crippen molar-refractivity contribution in [3.8, 4) is 0 Å². The first-order chi connectivity index (χ1) is 6.64. The summed E-state index contributed by atoms with van der Waals surface area (Å²) in [6, 6.07) is 0. The summed E-state index contributed by atoms with van der Waals surface area (Å²) >= 11 is 0. The van der Waals surface area contributed by atoms with Crippen molar-refractivity contribution < 1.29 is 13.2 Å². The third-order valence-corrected chi connectivity index (χ3v) is 8.55. The molecule has 5 fully saturated rings. The molecule has 1 heterocycles. The van der Waals surface area contributed by atoms with Gasteiger partial charge >= 0.3 is 0 Å². The van der Waals surface area contributed by atoms with Gasteiger partial charge in [-0.1, -0.05) is 0 Å². The van der Waals surface area contributed by atoms with E-state index in [1.807, 2.05) is 0 Å². The number of ketones is 1. The van der Waals surface area contributed by atoms with Crippen molar-refractivity contribution in [1.29, 1.82) is 0 Å². The lowest BCUT2D eigenvalue weighted by molar-refractivity contribution is -0.126. The monoisotopic (exact) mass is 210 g/mol. The molecule has 0 unspecified atom stereocenters. The van der Waals surface area contributed by atoms with Gasteiger partial charge in [0.15, 0.2) is 9.84 Å². The van der Waals surface area contributed by atoms with Crippen LogP contribution in [0.3, 0.4) is 0 Å². The molecule has 0 aromatic rings. The van der Waals surface area contributed by atoms with Crippen LogP contribution in [-0.2, 0) is 14.6 Å². The molecule has 0 N–H and O–H groups in total. The molecule has 0 spiro atoms. The molecule has 1 saturated heterocycles. The number of rotatable bonds is 0. The standard InChI is InChI=1S/C10H10O3S/c11-8-6-2-1-3-5-4(2)7(8)10(5)14(12,13)9(3)6/h2-7,9-10H,1H2/t2-,3-,4+,5+,6-,7-,9-,10-/m0/s1. The van der Waals surface area contributed by atoms with Crippen molar-refractivity contribution in [1.82, 2.24) is 0 Å². The third kappa shape index (κ3) is 0.369. The fraction of sp³-hybridized carbons (Fsp3) is 0.900. The molecule has 0 aromatic heterocycles. The largest absolute Gasteiger partial charge is 0.299 e. The second-order valence-corrected chi connectivity index (χ2v) is 7.96. The molecule has 0 amide bonds. The van der Waals surface area contributed by atoms with Gasteiger partial charge in [-0.05, 0) is 30.1 Å². The molecule has 74 valence electrons. The number of sulfone groups is 1. The highest BCUT2D eigenvalue weighted by atomic mass is 32.2. The predicted molar refractivity (Wildman–Crippen MR) is 47.1 cm³/mol. The summed E-state index contributed by atoms with van der Waals surface area (Å²) in [4.78, 5) is 11.9. The summed E-state index contributed by atoms with van der Waals surface area (Å²) in [6.45, 7) is 0. The maximum Gasteiger partial charge on any atom is 0.158 e. The first kappa shape index (κ1) is 6.99. The minimum atomic E-state index is -2.90. The molecule has 5 aliphatic rings. The Bertz CT molecular complexity index is 493. The molecule has 14 heavy (non-hydrogen) atoms. The van der Waals surface area contributed by atoms with Crippen LogP contribution in [0.2, 0.25) is 0 Å². The molecule has 1 aliphatic heterocycles. The summed E-state index contributed by atoms with van der Waals surface area (Å²) in [6.07, 6.45) is 1.04. The molecule has 4 aliphatic carbocycles.